The van der Waals surface area contributed by atoms with Gasteiger partial charge in [-0.05, 0) is 44.0 Å². The Bertz CT molecular complexity index is 510. The highest BCUT2D eigenvalue weighted by atomic mass is 16.5. The number of hydrogen-bond donors (Lipinski definition) is 2. The molecule has 2 N–H and O–H groups in total. The van der Waals surface area contributed by atoms with Gasteiger partial charge in [0.1, 0.15) is 0 Å². The lowest BCUT2D eigenvalue weighted by atomic mass is 9.81. The molecule has 5 nitrogen and oxygen atoms in total. The van der Waals surface area contributed by atoms with Crippen molar-refractivity contribution >= 4 is 5.91 Å². The average Bonchev–Trinajstić information content (AvgIpc) is 2.49. The van der Waals surface area contributed by atoms with E-state index in [0.717, 1.165) is 31.5 Å². The predicted octanol–water partition coefficient (Wildman–Crippen LogP) is 1.75. The first-order valence-corrected chi connectivity index (χ1v) is 7.28. The molecule has 1 heterocycles. The summed E-state index contributed by atoms with van der Waals surface area (Å²) in [5.41, 5.74) is 0.612. The smallest absolute Gasteiger partial charge is 0.229 e. The summed E-state index contributed by atoms with van der Waals surface area (Å²) in [6.45, 7) is 4.25. The maximum atomic E-state index is 12.7. The van der Waals surface area contributed by atoms with Crippen molar-refractivity contribution < 1.29 is 14.6 Å². The van der Waals surface area contributed by atoms with Gasteiger partial charge < -0.3 is 20.1 Å². The summed E-state index contributed by atoms with van der Waals surface area (Å²) >= 11 is 0. The number of nitrogens with one attached hydrogen (secondary N) is 1. The van der Waals surface area contributed by atoms with Crippen LogP contribution in [0.15, 0.2) is 18.2 Å². The topological polar surface area (TPSA) is 61.8 Å². The lowest BCUT2D eigenvalue weighted by Gasteiger charge is -2.36. The minimum Gasteiger partial charge on any atom is -0.504 e. The van der Waals surface area contributed by atoms with Crippen molar-refractivity contribution in [1.29, 1.82) is 0 Å². The Hall–Kier alpha value is -1.75. The molecule has 1 amide bonds. The Balaban J connectivity index is 2.06. The molecule has 1 saturated heterocycles. The van der Waals surface area contributed by atoms with Crippen LogP contribution < -0.4 is 10.1 Å². The van der Waals surface area contributed by atoms with Gasteiger partial charge in [0.25, 0.3) is 0 Å². The Kier molecular flexibility index (Phi) is 4.73. The number of phenolic OH excluding ortho intramolecular Hbond substituents is 1. The van der Waals surface area contributed by atoms with E-state index in [9.17, 15) is 9.90 Å². The van der Waals surface area contributed by atoms with Gasteiger partial charge in [0, 0.05) is 20.1 Å². The molecular formula is C16H24N2O3. The van der Waals surface area contributed by atoms with Gasteiger partial charge in [-0.15, -0.1) is 0 Å². The van der Waals surface area contributed by atoms with Crippen LogP contribution in [0.1, 0.15) is 25.3 Å². The van der Waals surface area contributed by atoms with Crippen molar-refractivity contribution in [2.24, 2.45) is 5.41 Å². The molecule has 0 saturated carbocycles. The number of benzene rings is 1. The lowest BCUT2D eigenvalue weighted by molar-refractivity contribution is -0.141. The molecule has 0 aromatic heterocycles. The zero-order chi connectivity index (χ0) is 15.5. The fourth-order valence-electron chi connectivity index (χ4n) is 2.87. The van der Waals surface area contributed by atoms with Crippen LogP contribution in [0.25, 0.3) is 0 Å². The molecule has 0 aliphatic carbocycles. The van der Waals surface area contributed by atoms with Crippen molar-refractivity contribution in [2.75, 3.05) is 27.2 Å². The first-order valence-electron chi connectivity index (χ1n) is 7.28. The minimum absolute atomic E-state index is 0.110. The predicted molar refractivity (Wildman–Crippen MR) is 81.3 cm³/mol. The third-order valence-corrected chi connectivity index (χ3v) is 4.12. The molecule has 2 rings (SSSR count). The molecule has 1 unspecified atom stereocenters. The number of hydrogen-bond acceptors (Lipinski definition) is 4. The largest absolute Gasteiger partial charge is 0.504 e. The number of piperidine rings is 1. The third kappa shape index (κ3) is 3.47. The van der Waals surface area contributed by atoms with Crippen molar-refractivity contribution in [3.8, 4) is 11.5 Å². The van der Waals surface area contributed by atoms with E-state index in [-0.39, 0.29) is 17.1 Å². The molecule has 21 heavy (non-hydrogen) atoms. The quantitative estimate of drug-likeness (QED) is 0.887. The van der Waals surface area contributed by atoms with Gasteiger partial charge in [-0.2, -0.15) is 0 Å². The van der Waals surface area contributed by atoms with Crippen LogP contribution in [-0.2, 0) is 11.3 Å². The SMILES string of the molecule is COc1cc(CN(C)C(=O)C2(C)CCCNC2)ccc1O. The fourth-order valence-corrected chi connectivity index (χ4v) is 2.87. The summed E-state index contributed by atoms with van der Waals surface area (Å²) < 4.78 is 5.10. The zero-order valence-electron chi connectivity index (χ0n) is 13.0. The number of phenols is 1. The summed E-state index contributed by atoms with van der Waals surface area (Å²) in [6.07, 6.45) is 1.95. The summed E-state index contributed by atoms with van der Waals surface area (Å²) in [5.74, 6) is 0.694. The molecule has 0 radical (unpaired) electrons. The second-order valence-electron chi connectivity index (χ2n) is 6.01. The summed E-state index contributed by atoms with van der Waals surface area (Å²) in [7, 11) is 3.34. The Labute approximate surface area is 125 Å². The standard InChI is InChI=1S/C16H24N2O3/c1-16(7-4-8-17-11-16)15(20)18(2)10-12-5-6-13(19)14(9-12)21-3/h5-6,9,17,19H,4,7-8,10-11H2,1-3H3. The molecule has 0 spiro atoms. The van der Waals surface area contributed by atoms with Crippen LogP contribution in [0.2, 0.25) is 0 Å². The van der Waals surface area contributed by atoms with Crippen LogP contribution in [0.4, 0.5) is 0 Å². The van der Waals surface area contributed by atoms with E-state index in [4.69, 9.17) is 4.74 Å². The summed E-state index contributed by atoms with van der Waals surface area (Å²) in [6, 6.07) is 5.17. The normalized spacial score (nSPS) is 21.9. The van der Waals surface area contributed by atoms with Crippen molar-refractivity contribution in [1.82, 2.24) is 10.2 Å². The number of amides is 1. The second kappa shape index (κ2) is 6.35. The highest BCUT2D eigenvalue weighted by Crippen LogP contribution is 2.30. The Morgan fingerprint density at radius 3 is 2.90 bits per heavy atom. The van der Waals surface area contributed by atoms with E-state index < -0.39 is 0 Å². The van der Waals surface area contributed by atoms with Crippen LogP contribution in [0, 0.1) is 5.41 Å². The van der Waals surface area contributed by atoms with Gasteiger partial charge in [0.2, 0.25) is 5.91 Å². The molecule has 1 atom stereocenters. The van der Waals surface area contributed by atoms with E-state index >= 15 is 0 Å². The van der Waals surface area contributed by atoms with Crippen LogP contribution in [0.3, 0.4) is 0 Å². The monoisotopic (exact) mass is 292 g/mol. The molecule has 1 aliphatic rings. The number of aromatic hydroxyl groups is 1. The summed E-state index contributed by atoms with van der Waals surface area (Å²) in [5, 5.41) is 12.9. The molecule has 1 fully saturated rings. The molecule has 1 aliphatic heterocycles. The molecule has 5 heteroatoms. The van der Waals surface area contributed by atoms with E-state index in [1.807, 2.05) is 20.0 Å². The minimum atomic E-state index is -0.325. The molecular weight excluding hydrogens is 268 g/mol. The van der Waals surface area contributed by atoms with E-state index in [1.54, 1.807) is 17.0 Å². The lowest BCUT2D eigenvalue weighted by Crippen LogP contribution is -2.48. The van der Waals surface area contributed by atoms with E-state index in [0.29, 0.717) is 12.3 Å². The van der Waals surface area contributed by atoms with Crippen LogP contribution in [-0.4, -0.2) is 43.2 Å². The maximum Gasteiger partial charge on any atom is 0.229 e. The maximum absolute atomic E-state index is 12.7. The van der Waals surface area contributed by atoms with E-state index in [1.165, 1.54) is 7.11 Å². The van der Waals surface area contributed by atoms with Gasteiger partial charge in [-0.1, -0.05) is 6.07 Å². The number of nitrogens with zero attached hydrogens (tertiary/aromatic N) is 1. The molecule has 0 bridgehead atoms. The third-order valence-electron chi connectivity index (χ3n) is 4.12. The van der Waals surface area contributed by atoms with Gasteiger partial charge in [-0.25, -0.2) is 0 Å². The molecule has 116 valence electrons. The van der Waals surface area contributed by atoms with Gasteiger partial charge in [0.05, 0.1) is 12.5 Å². The number of carbonyl (C=O) groups is 1. The number of methoxy groups -OCH3 is 1. The first-order chi connectivity index (χ1) is 9.96. The fraction of sp³-hybridized carbons (Fsp3) is 0.562. The Morgan fingerprint density at radius 2 is 2.29 bits per heavy atom. The number of rotatable bonds is 4. The van der Waals surface area contributed by atoms with Crippen molar-refractivity contribution in [3.63, 3.8) is 0 Å². The first kappa shape index (κ1) is 15.6. The van der Waals surface area contributed by atoms with Gasteiger partial charge in [-0.3, -0.25) is 4.79 Å². The van der Waals surface area contributed by atoms with Crippen LogP contribution in [0.5, 0.6) is 11.5 Å². The zero-order valence-corrected chi connectivity index (χ0v) is 13.0. The van der Waals surface area contributed by atoms with Crippen LogP contribution >= 0.6 is 0 Å². The Morgan fingerprint density at radius 1 is 1.52 bits per heavy atom. The summed E-state index contributed by atoms with van der Waals surface area (Å²) in [4.78, 5) is 14.4. The average molecular weight is 292 g/mol. The van der Waals surface area contributed by atoms with Crippen molar-refractivity contribution in [3.05, 3.63) is 23.8 Å². The van der Waals surface area contributed by atoms with Gasteiger partial charge >= 0.3 is 0 Å². The number of ether oxygens (including phenoxy) is 1. The highest BCUT2D eigenvalue weighted by molar-refractivity contribution is 5.82. The second-order valence-corrected chi connectivity index (χ2v) is 6.01. The van der Waals surface area contributed by atoms with Gasteiger partial charge in [0.15, 0.2) is 11.5 Å². The molecule has 1 aromatic carbocycles. The molecule has 1 aromatic rings. The van der Waals surface area contributed by atoms with E-state index in [2.05, 4.69) is 5.32 Å². The highest BCUT2D eigenvalue weighted by Gasteiger charge is 2.36. The number of carbonyl (C=O) groups excluding carboxylic acids is 1. The van der Waals surface area contributed by atoms with Crippen molar-refractivity contribution in [2.45, 2.75) is 26.3 Å².